The lowest BCUT2D eigenvalue weighted by Gasteiger charge is -2.38. The van der Waals surface area contributed by atoms with Crippen LogP contribution in [0, 0.1) is 11.8 Å². The van der Waals surface area contributed by atoms with Gasteiger partial charge in [-0.25, -0.2) is 0 Å². The van der Waals surface area contributed by atoms with Crippen molar-refractivity contribution in [3.05, 3.63) is 0 Å². The summed E-state index contributed by atoms with van der Waals surface area (Å²) in [4.78, 5) is 2.53. The van der Waals surface area contributed by atoms with Crippen molar-refractivity contribution < 1.29 is 4.74 Å². The first-order chi connectivity index (χ1) is 7.29. The van der Waals surface area contributed by atoms with Gasteiger partial charge in [-0.15, -0.1) is 12.4 Å². The summed E-state index contributed by atoms with van der Waals surface area (Å²) < 4.78 is 5.87. The molecular formula is C12H25ClN2O. The van der Waals surface area contributed by atoms with Gasteiger partial charge in [0.1, 0.15) is 6.23 Å². The molecule has 2 rings (SSSR count). The Morgan fingerprint density at radius 1 is 1.31 bits per heavy atom. The highest BCUT2D eigenvalue weighted by Crippen LogP contribution is 2.23. The third-order valence-corrected chi connectivity index (χ3v) is 3.74. The molecule has 0 aromatic carbocycles. The second kappa shape index (κ2) is 6.80. The third-order valence-electron chi connectivity index (χ3n) is 3.74. The first-order valence-corrected chi connectivity index (χ1v) is 6.37. The number of hydrogen-bond donors (Lipinski definition) is 1. The fourth-order valence-corrected chi connectivity index (χ4v) is 2.58. The molecule has 0 amide bonds. The third kappa shape index (κ3) is 3.59. The molecule has 16 heavy (non-hydrogen) atoms. The van der Waals surface area contributed by atoms with Gasteiger partial charge < -0.3 is 9.64 Å². The summed E-state index contributed by atoms with van der Waals surface area (Å²) >= 11 is 0. The molecule has 3 nitrogen and oxygen atoms in total. The Balaban J connectivity index is 0.00000128. The van der Waals surface area contributed by atoms with Gasteiger partial charge in [-0.1, -0.05) is 13.8 Å². The van der Waals surface area contributed by atoms with Gasteiger partial charge >= 0.3 is 0 Å². The van der Waals surface area contributed by atoms with Crippen LogP contribution in [-0.4, -0.2) is 43.9 Å². The van der Waals surface area contributed by atoms with Gasteiger partial charge in [-0.2, -0.15) is 0 Å². The van der Waals surface area contributed by atoms with Gasteiger partial charge in [0.25, 0.3) is 0 Å². The molecule has 0 aliphatic carbocycles. The molecule has 0 aromatic heterocycles. The molecule has 2 fully saturated rings. The van der Waals surface area contributed by atoms with E-state index in [0.717, 1.165) is 19.1 Å². The van der Waals surface area contributed by atoms with E-state index in [-0.39, 0.29) is 12.4 Å². The van der Waals surface area contributed by atoms with Crippen molar-refractivity contribution >= 4 is 12.4 Å². The number of halogens is 1. The molecule has 2 saturated heterocycles. The van der Waals surface area contributed by atoms with Crippen molar-refractivity contribution in [2.45, 2.75) is 32.9 Å². The summed E-state index contributed by atoms with van der Waals surface area (Å²) in [6.45, 7) is 10.2. The van der Waals surface area contributed by atoms with E-state index in [1.165, 1.54) is 32.5 Å². The van der Waals surface area contributed by atoms with Crippen LogP contribution in [0.25, 0.3) is 0 Å². The monoisotopic (exact) mass is 248 g/mol. The summed E-state index contributed by atoms with van der Waals surface area (Å²) in [7, 11) is 0. The standard InChI is InChI=1S/C12H24N2O.ClH/c1-3-14-6-4-11(5-7-14)12-13-8-10(2)9-15-12;/h10-13H,3-9H2,1-2H3;1H. The fraction of sp³-hybridized carbons (Fsp3) is 1.00. The van der Waals surface area contributed by atoms with E-state index in [9.17, 15) is 0 Å². The summed E-state index contributed by atoms with van der Waals surface area (Å²) in [5, 5.41) is 3.53. The average molecular weight is 249 g/mol. The van der Waals surface area contributed by atoms with Gasteiger partial charge in [-0.05, 0) is 38.4 Å². The molecule has 96 valence electrons. The second-order valence-corrected chi connectivity index (χ2v) is 5.04. The zero-order valence-electron chi connectivity index (χ0n) is 10.4. The Bertz CT molecular complexity index is 187. The summed E-state index contributed by atoms with van der Waals surface area (Å²) in [5.74, 6) is 1.41. The van der Waals surface area contributed by atoms with E-state index in [1.807, 2.05) is 0 Å². The maximum absolute atomic E-state index is 5.87. The number of ether oxygens (including phenoxy) is 1. The lowest BCUT2D eigenvalue weighted by atomic mass is 9.94. The highest BCUT2D eigenvalue weighted by atomic mass is 35.5. The number of likely N-dealkylation sites (tertiary alicyclic amines) is 1. The lowest BCUT2D eigenvalue weighted by Crippen LogP contribution is -2.49. The summed E-state index contributed by atoms with van der Waals surface area (Å²) in [5.41, 5.74) is 0. The van der Waals surface area contributed by atoms with Crippen LogP contribution in [0.3, 0.4) is 0 Å². The Kier molecular flexibility index (Phi) is 6.05. The van der Waals surface area contributed by atoms with Gasteiger partial charge in [-0.3, -0.25) is 5.32 Å². The molecular weight excluding hydrogens is 224 g/mol. The van der Waals surface area contributed by atoms with Gasteiger partial charge in [0.2, 0.25) is 0 Å². The van der Waals surface area contributed by atoms with Crippen molar-refractivity contribution in [1.82, 2.24) is 10.2 Å². The van der Waals surface area contributed by atoms with E-state index >= 15 is 0 Å². The normalized spacial score (nSPS) is 33.4. The summed E-state index contributed by atoms with van der Waals surface area (Å²) in [6.07, 6.45) is 2.92. The van der Waals surface area contributed by atoms with Crippen molar-refractivity contribution in [2.24, 2.45) is 11.8 Å². The van der Waals surface area contributed by atoms with Crippen LogP contribution in [0.4, 0.5) is 0 Å². The van der Waals surface area contributed by atoms with Crippen LogP contribution in [-0.2, 0) is 4.74 Å². The van der Waals surface area contributed by atoms with Gasteiger partial charge in [0.05, 0.1) is 6.61 Å². The van der Waals surface area contributed by atoms with Gasteiger partial charge in [0.15, 0.2) is 0 Å². The minimum absolute atomic E-state index is 0. The predicted octanol–water partition coefficient (Wildman–Crippen LogP) is 1.72. The molecule has 2 heterocycles. The number of piperidine rings is 1. The van der Waals surface area contributed by atoms with Crippen molar-refractivity contribution in [1.29, 1.82) is 0 Å². The number of hydrogen-bond acceptors (Lipinski definition) is 3. The van der Waals surface area contributed by atoms with E-state index in [4.69, 9.17) is 4.74 Å². The van der Waals surface area contributed by atoms with Crippen molar-refractivity contribution in [2.75, 3.05) is 32.8 Å². The maximum Gasteiger partial charge on any atom is 0.111 e. The molecule has 2 aliphatic rings. The van der Waals surface area contributed by atoms with Crippen molar-refractivity contribution in [3.63, 3.8) is 0 Å². The molecule has 0 aromatic rings. The Hall–Kier alpha value is 0.170. The van der Waals surface area contributed by atoms with Crippen LogP contribution >= 0.6 is 12.4 Å². The van der Waals surface area contributed by atoms with Gasteiger partial charge in [0, 0.05) is 12.5 Å². The molecule has 2 atom stereocenters. The largest absolute Gasteiger partial charge is 0.363 e. The van der Waals surface area contributed by atoms with E-state index in [0.29, 0.717) is 12.1 Å². The minimum atomic E-state index is 0. The molecule has 0 saturated carbocycles. The van der Waals surface area contributed by atoms with Crippen LogP contribution < -0.4 is 5.32 Å². The van der Waals surface area contributed by atoms with E-state index in [1.54, 1.807) is 0 Å². The molecule has 2 aliphatic heterocycles. The van der Waals surface area contributed by atoms with Crippen LogP contribution in [0.1, 0.15) is 26.7 Å². The fourth-order valence-electron chi connectivity index (χ4n) is 2.58. The van der Waals surface area contributed by atoms with E-state index in [2.05, 4.69) is 24.1 Å². The Morgan fingerprint density at radius 2 is 2.00 bits per heavy atom. The molecule has 0 spiro atoms. The topological polar surface area (TPSA) is 24.5 Å². The first-order valence-electron chi connectivity index (χ1n) is 6.37. The number of nitrogens with one attached hydrogen (secondary N) is 1. The zero-order valence-corrected chi connectivity index (χ0v) is 11.3. The molecule has 4 heteroatoms. The quantitative estimate of drug-likeness (QED) is 0.806. The average Bonchev–Trinajstić information content (AvgIpc) is 2.30. The highest BCUT2D eigenvalue weighted by molar-refractivity contribution is 5.85. The summed E-state index contributed by atoms with van der Waals surface area (Å²) in [6, 6.07) is 0. The number of rotatable bonds is 2. The Morgan fingerprint density at radius 3 is 2.50 bits per heavy atom. The SMILES string of the molecule is CCN1CCC(C2NCC(C)CO2)CC1.Cl. The van der Waals surface area contributed by atoms with Crippen molar-refractivity contribution in [3.8, 4) is 0 Å². The molecule has 2 unspecified atom stereocenters. The zero-order chi connectivity index (χ0) is 10.7. The molecule has 0 bridgehead atoms. The minimum Gasteiger partial charge on any atom is -0.363 e. The van der Waals surface area contributed by atoms with Crippen LogP contribution in [0.5, 0.6) is 0 Å². The Labute approximate surface area is 105 Å². The molecule has 0 radical (unpaired) electrons. The highest BCUT2D eigenvalue weighted by Gasteiger charge is 2.29. The second-order valence-electron chi connectivity index (χ2n) is 5.04. The number of nitrogens with zero attached hydrogens (tertiary/aromatic N) is 1. The predicted molar refractivity (Wildman–Crippen MR) is 69.0 cm³/mol. The smallest absolute Gasteiger partial charge is 0.111 e. The van der Waals surface area contributed by atoms with Crippen LogP contribution in [0.2, 0.25) is 0 Å². The van der Waals surface area contributed by atoms with E-state index < -0.39 is 0 Å². The lowest BCUT2D eigenvalue weighted by molar-refractivity contribution is -0.0693. The first kappa shape index (κ1) is 14.2. The maximum atomic E-state index is 5.87. The van der Waals surface area contributed by atoms with Crippen LogP contribution in [0.15, 0.2) is 0 Å². The molecule has 1 N–H and O–H groups in total.